The average Bonchev–Trinajstić information content (AvgIpc) is 2.91. The molecular formula is C31H32Cl2N4O. The van der Waals surface area contributed by atoms with Crippen molar-refractivity contribution in [3.05, 3.63) is 100 Å². The highest BCUT2D eigenvalue weighted by atomic mass is 35.5. The summed E-state index contributed by atoms with van der Waals surface area (Å²) in [5.74, 6) is 0.468. The molecule has 2 N–H and O–H groups in total. The monoisotopic (exact) mass is 546 g/mol. The molecule has 1 aliphatic rings. The second-order valence-electron chi connectivity index (χ2n) is 10.2. The third-order valence-corrected chi connectivity index (χ3v) is 7.77. The van der Waals surface area contributed by atoms with Crippen LogP contribution in [0, 0.1) is 0 Å². The maximum absolute atomic E-state index is 13.6. The van der Waals surface area contributed by atoms with E-state index in [-0.39, 0.29) is 11.9 Å². The molecule has 5 nitrogen and oxygen atoms in total. The summed E-state index contributed by atoms with van der Waals surface area (Å²) in [6.07, 6.45) is 3.74. The van der Waals surface area contributed by atoms with E-state index in [9.17, 15) is 4.79 Å². The highest BCUT2D eigenvalue weighted by molar-refractivity contribution is 6.30. The number of hydrogen-bond donors (Lipinski definition) is 2. The predicted molar refractivity (Wildman–Crippen MR) is 159 cm³/mol. The molecule has 0 aliphatic heterocycles. The number of anilines is 2. The molecule has 0 saturated heterocycles. The predicted octanol–water partition coefficient (Wildman–Crippen LogP) is 7.28. The van der Waals surface area contributed by atoms with E-state index < -0.39 is 5.92 Å². The van der Waals surface area contributed by atoms with Crippen LogP contribution in [0.2, 0.25) is 10.0 Å². The van der Waals surface area contributed by atoms with Gasteiger partial charge in [-0.2, -0.15) is 0 Å². The van der Waals surface area contributed by atoms with Crippen LogP contribution >= 0.6 is 23.2 Å². The van der Waals surface area contributed by atoms with E-state index in [4.69, 9.17) is 28.2 Å². The molecular weight excluding hydrogens is 515 g/mol. The van der Waals surface area contributed by atoms with Crippen LogP contribution in [0.4, 0.5) is 11.5 Å². The summed E-state index contributed by atoms with van der Waals surface area (Å²) in [7, 11) is 4.11. The third-order valence-electron chi connectivity index (χ3n) is 7.27. The Kier molecular flexibility index (Phi) is 8.06. The third kappa shape index (κ3) is 6.06. The molecule has 0 unspecified atom stereocenters. The largest absolute Gasteiger partial charge is 0.377 e. The zero-order chi connectivity index (χ0) is 26.6. The van der Waals surface area contributed by atoms with Gasteiger partial charge in [0, 0.05) is 53.4 Å². The second kappa shape index (κ2) is 11.6. The fourth-order valence-electron chi connectivity index (χ4n) is 5.28. The fraction of sp³-hybridized carbons (Fsp3) is 0.290. The fourth-order valence-corrected chi connectivity index (χ4v) is 5.53. The lowest BCUT2D eigenvalue weighted by Gasteiger charge is -2.31. The molecule has 1 amide bonds. The minimum absolute atomic E-state index is 0.00197. The van der Waals surface area contributed by atoms with Crippen molar-refractivity contribution in [2.75, 3.05) is 24.3 Å². The first-order valence-corrected chi connectivity index (χ1v) is 13.8. The number of halogens is 2. The Labute approximate surface area is 234 Å². The zero-order valence-electron chi connectivity index (χ0n) is 21.6. The lowest BCUT2D eigenvalue weighted by atomic mass is 9.88. The summed E-state index contributed by atoms with van der Waals surface area (Å²) in [6, 6.07) is 25.8. The Bertz CT molecular complexity index is 1350. The Morgan fingerprint density at radius 2 is 1.39 bits per heavy atom. The average molecular weight is 548 g/mol. The van der Waals surface area contributed by atoms with Gasteiger partial charge in [0.2, 0.25) is 5.91 Å². The Morgan fingerprint density at radius 1 is 0.842 bits per heavy atom. The normalized spacial score (nSPS) is 17.4. The molecule has 5 rings (SSSR count). The molecule has 0 radical (unpaired) electrons. The summed E-state index contributed by atoms with van der Waals surface area (Å²) in [5.41, 5.74) is 3.94. The molecule has 3 aromatic carbocycles. The van der Waals surface area contributed by atoms with E-state index in [1.54, 1.807) is 0 Å². The van der Waals surface area contributed by atoms with Crippen molar-refractivity contribution in [2.24, 2.45) is 0 Å². The second-order valence-corrected chi connectivity index (χ2v) is 11.0. The number of nitrogens with zero attached hydrogens (tertiary/aromatic N) is 2. The summed E-state index contributed by atoms with van der Waals surface area (Å²) < 4.78 is 0. The van der Waals surface area contributed by atoms with Gasteiger partial charge in [-0.1, -0.05) is 65.7 Å². The van der Waals surface area contributed by atoms with Crippen molar-refractivity contribution in [1.82, 2.24) is 10.3 Å². The van der Waals surface area contributed by atoms with E-state index in [1.807, 2.05) is 60.7 Å². The lowest BCUT2D eigenvalue weighted by molar-refractivity contribution is -0.122. The van der Waals surface area contributed by atoms with E-state index >= 15 is 0 Å². The van der Waals surface area contributed by atoms with Crippen LogP contribution in [0.5, 0.6) is 0 Å². The molecule has 38 heavy (non-hydrogen) atoms. The van der Waals surface area contributed by atoms with E-state index in [2.05, 4.69) is 47.8 Å². The topological polar surface area (TPSA) is 57.3 Å². The molecule has 1 saturated carbocycles. The van der Waals surface area contributed by atoms with Crippen molar-refractivity contribution in [3.8, 4) is 0 Å². The number of pyridine rings is 1. The highest BCUT2D eigenvalue weighted by Gasteiger charge is 2.28. The van der Waals surface area contributed by atoms with Gasteiger partial charge in [-0.05, 0) is 67.1 Å². The molecule has 0 atom stereocenters. The number of para-hydroxylation sites is 1. The summed E-state index contributed by atoms with van der Waals surface area (Å²) in [4.78, 5) is 20.6. The number of fused-ring (bicyclic) bond motifs is 1. The highest BCUT2D eigenvalue weighted by Crippen LogP contribution is 2.31. The number of rotatable bonds is 7. The standard InChI is InChI=1S/C31H32Cl2N4O/c1-37(2)28-19-29(36-27-6-4-3-5-26(27)28)34-24-15-17-25(18-16-24)35-31(38)30(20-7-11-22(32)12-8-20)21-9-13-23(33)14-10-21/h3-14,19,24-25,30H,15-18H2,1-2H3,(H,34,36)(H,35,38)/t24-,25+. The number of benzene rings is 3. The minimum atomic E-state index is -0.424. The molecule has 0 spiro atoms. The summed E-state index contributed by atoms with van der Waals surface area (Å²) in [6.45, 7) is 0. The number of hydrogen-bond acceptors (Lipinski definition) is 4. The molecule has 1 heterocycles. The van der Waals surface area contributed by atoms with Crippen LogP contribution < -0.4 is 15.5 Å². The molecule has 4 aromatic rings. The van der Waals surface area contributed by atoms with Crippen LogP contribution in [0.15, 0.2) is 78.9 Å². The zero-order valence-corrected chi connectivity index (χ0v) is 23.1. The van der Waals surface area contributed by atoms with Gasteiger partial charge in [0.25, 0.3) is 0 Å². The number of amides is 1. The van der Waals surface area contributed by atoms with Crippen LogP contribution in [-0.2, 0) is 4.79 Å². The van der Waals surface area contributed by atoms with Crippen LogP contribution in [0.1, 0.15) is 42.7 Å². The molecule has 196 valence electrons. The van der Waals surface area contributed by atoms with Crippen LogP contribution in [0.25, 0.3) is 10.9 Å². The lowest BCUT2D eigenvalue weighted by Crippen LogP contribution is -2.42. The van der Waals surface area contributed by atoms with Gasteiger partial charge in [0.05, 0.1) is 11.4 Å². The maximum Gasteiger partial charge on any atom is 0.232 e. The number of carbonyl (C=O) groups excluding carboxylic acids is 1. The first-order valence-electron chi connectivity index (χ1n) is 13.0. The van der Waals surface area contributed by atoms with E-state index in [0.717, 1.165) is 59.2 Å². The van der Waals surface area contributed by atoms with Crippen molar-refractivity contribution < 1.29 is 4.79 Å². The molecule has 1 aromatic heterocycles. The van der Waals surface area contributed by atoms with Gasteiger partial charge in [0.15, 0.2) is 0 Å². The Balaban J connectivity index is 1.25. The van der Waals surface area contributed by atoms with E-state index in [1.165, 1.54) is 0 Å². The first kappa shape index (κ1) is 26.3. The summed E-state index contributed by atoms with van der Waals surface area (Å²) in [5, 5.41) is 9.41. The number of aromatic nitrogens is 1. The summed E-state index contributed by atoms with van der Waals surface area (Å²) >= 11 is 12.2. The van der Waals surface area contributed by atoms with Gasteiger partial charge >= 0.3 is 0 Å². The first-order chi connectivity index (χ1) is 18.4. The van der Waals surface area contributed by atoms with Crippen molar-refractivity contribution in [2.45, 2.75) is 43.7 Å². The molecule has 7 heteroatoms. The van der Waals surface area contributed by atoms with Gasteiger partial charge < -0.3 is 15.5 Å². The number of carbonyl (C=O) groups is 1. The van der Waals surface area contributed by atoms with Crippen LogP contribution in [-0.4, -0.2) is 37.1 Å². The quantitative estimate of drug-likeness (QED) is 0.255. The SMILES string of the molecule is CN(C)c1cc(N[C@H]2CC[C@@H](NC(=O)C(c3ccc(Cl)cc3)c3ccc(Cl)cc3)CC2)nc2ccccc12. The van der Waals surface area contributed by atoms with Gasteiger partial charge in [-0.25, -0.2) is 4.98 Å². The van der Waals surface area contributed by atoms with Crippen LogP contribution in [0.3, 0.4) is 0 Å². The Morgan fingerprint density at radius 3 is 1.97 bits per heavy atom. The van der Waals surface area contributed by atoms with Crippen molar-refractivity contribution >= 4 is 51.5 Å². The van der Waals surface area contributed by atoms with Crippen molar-refractivity contribution in [3.63, 3.8) is 0 Å². The van der Waals surface area contributed by atoms with Gasteiger partial charge in [-0.3, -0.25) is 4.79 Å². The van der Waals surface area contributed by atoms with Gasteiger partial charge in [0.1, 0.15) is 5.82 Å². The Hall–Kier alpha value is -3.28. The maximum atomic E-state index is 13.6. The van der Waals surface area contributed by atoms with Gasteiger partial charge in [-0.15, -0.1) is 0 Å². The molecule has 1 fully saturated rings. The number of nitrogens with one attached hydrogen (secondary N) is 2. The smallest absolute Gasteiger partial charge is 0.232 e. The molecule has 1 aliphatic carbocycles. The molecule has 0 bridgehead atoms. The minimum Gasteiger partial charge on any atom is -0.377 e. The van der Waals surface area contributed by atoms with Crippen molar-refractivity contribution in [1.29, 1.82) is 0 Å². The van der Waals surface area contributed by atoms with E-state index in [0.29, 0.717) is 16.1 Å².